The molecule has 0 heterocycles. The first-order valence-electron chi connectivity index (χ1n) is 6.97. The Balaban J connectivity index is 2.50. The van der Waals surface area contributed by atoms with Crippen LogP contribution in [0.3, 0.4) is 0 Å². The zero-order chi connectivity index (χ0) is 16.1. The lowest BCUT2D eigenvalue weighted by Crippen LogP contribution is -2.07. The van der Waals surface area contributed by atoms with E-state index in [2.05, 4.69) is 0 Å². The minimum absolute atomic E-state index is 0.0106. The molecule has 0 aliphatic heterocycles. The Hall–Kier alpha value is -2.75. The molecule has 2 rings (SSSR count). The van der Waals surface area contributed by atoms with E-state index in [4.69, 9.17) is 4.74 Å². The van der Waals surface area contributed by atoms with E-state index >= 15 is 0 Å². The van der Waals surface area contributed by atoms with Crippen LogP contribution in [0.1, 0.15) is 25.0 Å². The monoisotopic (exact) mass is 298 g/mol. The molecular formula is C18H18O4. The first-order chi connectivity index (χ1) is 10.5. The largest absolute Gasteiger partial charge is 0.508 e. The van der Waals surface area contributed by atoms with E-state index in [1.807, 2.05) is 26.0 Å². The fraction of sp³-hybridized carbons (Fsp3) is 0.167. The maximum Gasteiger partial charge on any atom is 0.336 e. The normalized spacial score (nSPS) is 11.5. The smallest absolute Gasteiger partial charge is 0.336 e. The lowest BCUT2D eigenvalue weighted by molar-refractivity contribution is -0.130. The number of aliphatic carboxylic acids is 1. The van der Waals surface area contributed by atoms with Crippen LogP contribution in [0, 0.1) is 0 Å². The number of hydrogen-bond donors (Lipinski definition) is 2. The van der Waals surface area contributed by atoms with Crippen LogP contribution >= 0.6 is 0 Å². The second-order valence-electron chi connectivity index (χ2n) is 5.12. The molecule has 0 aliphatic rings. The lowest BCUT2D eigenvalue weighted by Gasteiger charge is -2.13. The van der Waals surface area contributed by atoms with Gasteiger partial charge in [-0.2, -0.15) is 0 Å². The van der Waals surface area contributed by atoms with Crippen LogP contribution in [0.15, 0.2) is 48.5 Å². The quantitative estimate of drug-likeness (QED) is 0.651. The first kappa shape index (κ1) is 15.6. The molecule has 0 saturated heterocycles. The van der Waals surface area contributed by atoms with Crippen molar-refractivity contribution in [3.8, 4) is 11.5 Å². The molecular weight excluding hydrogens is 280 g/mol. The Labute approximate surface area is 129 Å². The van der Waals surface area contributed by atoms with E-state index in [-0.39, 0.29) is 17.4 Å². The molecule has 2 aromatic carbocycles. The van der Waals surface area contributed by atoms with Crippen molar-refractivity contribution in [2.24, 2.45) is 0 Å². The molecule has 2 N–H and O–H groups in total. The first-order valence-corrected chi connectivity index (χ1v) is 6.97. The van der Waals surface area contributed by atoms with Crippen LogP contribution in [0.5, 0.6) is 11.5 Å². The summed E-state index contributed by atoms with van der Waals surface area (Å²) in [5, 5.41) is 19.0. The topological polar surface area (TPSA) is 66.8 Å². The standard InChI is InChI=1S/C18H18O4/c1-12(2)22-17-9-4-3-6-14(17)11-16(18(20)21)13-7-5-8-15(19)10-13/h3-12,19H,1-2H3,(H,20,21)/b16-11-. The lowest BCUT2D eigenvalue weighted by atomic mass is 10.0. The molecule has 0 spiro atoms. The summed E-state index contributed by atoms with van der Waals surface area (Å²) >= 11 is 0. The number of benzene rings is 2. The number of ether oxygens (including phenoxy) is 1. The summed E-state index contributed by atoms with van der Waals surface area (Å²) < 4.78 is 5.70. The second-order valence-corrected chi connectivity index (χ2v) is 5.12. The maximum absolute atomic E-state index is 11.6. The zero-order valence-electron chi connectivity index (χ0n) is 12.5. The predicted octanol–water partition coefficient (Wildman–Crippen LogP) is 3.80. The molecule has 0 aliphatic carbocycles. The minimum Gasteiger partial charge on any atom is -0.508 e. The third-order valence-corrected chi connectivity index (χ3v) is 2.97. The highest BCUT2D eigenvalue weighted by Gasteiger charge is 2.13. The summed E-state index contributed by atoms with van der Waals surface area (Å²) in [5.74, 6) is -0.419. The number of hydrogen-bond acceptors (Lipinski definition) is 3. The third kappa shape index (κ3) is 3.88. The molecule has 0 bridgehead atoms. The number of para-hydroxylation sites is 1. The van der Waals surface area contributed by atoms with Crippen molar-refractivity contribution < 1.29 is 19.7 Å². The highest BCUT2D eigenvalue weighted by Crippen LogP contribution is 2.27. The third-order valence-electron chi connectivity index (χ3n) is 2.97. The second kappa shape index (κ2) is 6.80. The van der Waals surface area contributed by atoms with Crippen molar-refractivity contribution in [2.45, 2.75) is 20.0 Å². The number of aromatic hydroxyl groups is 1. The van der Waals surface area contributed by atoms with E-state index < -0.39 is 5.97 Å². The van der Waals surface area contributed by atoms with Gasteiger partial charge in [-0.1, -0.05) is 30.3 Å². The number of phenolic OH excluding ortho intramolecular Hbond substituents is 1. The van der Waals surface area contributed by atoms with Gasteiger partial charge in [-0.3, -0.25) is 0 Å². The van der Waals surface area contributed by atoms with E-state index in [9.17, 15) is 15.0 Å². The molecule has 0 saturated carbocycles. The summed E-state index contributed by atoms with van der Waals surface area (Å²) in [5.41, 5.74) is 1.21. The Morgan fingerprint density at radius 2 is 1.86 bits per heavy atom. The average molecular weight is 298 g/mol. The van der Waals surface area contributed by atoms with Gasteiger partial charge in [-0.05, 0) is 43.7 Å². The summed E-state index contributed by atoms with van der Waals surface area (Å²) in [4.78, 5) is 11.6. The van der Waals surface area contributed by atoms with Crippen molar-refractivity contribution in [3.63, 3.8) is 0 Å². The summed E-state index contributed by atoms with van der Waals surface area (Å²) in [6, 6.07) is 13.4. The van der Waals surface area contributed by atoms with Crippen LogP contribution in [-0.2, 0) is 4.79 Å². The van der Waals surface area contributed by atoms with Crippen LogP contribution < -0.4 is 4.74 Å². The number of phenols is 1. The van der Waals surface area contributed by atoms with Gasteiger partial charge in [0.15, 0.2) is 0 Å². The molecule has 0 fully saturated rings. The van der Waals surface area contributed by atoms with Gasteiger partial charge in [0.05, 0.1) is 11.7 Å². The Morgan fingerprint density at radius 1 is 1.14 bits per heavy atom. The molecule has 0 aromatic heterocycles. The predicted molar refractivity (Wildman–Crippen MR) is 85.8 cm³/mol. The molecule has 4 heteroatoms. The number of rotatable bonds is 5. The molecule has 4 nitrogen and oxygen atoms in total. The summed E-state index contributed by atoms with van der Waals surface area (Å²) in [6.07, 6.45) is 1.54. The van der Waals surface area contributed by atoms with Crippen molar-refractivity contribution >= 4 is 17.6 Å². The van der Waals surface area contributed by atoms with Gasteiger partial charge in [-0.25, -0.2) is 4.79 Å². The van der Waals surface area contributed by atoms with Crippen LogP contribution in [-0.4, -0.2) is 22.3 Å². The van der Waals surface area contributed by atoms with Crippen molar-refractivity contribution in [1.29, 1.82) is 0 Å². The van der Waals surface area contributed by atoms with E-state index in [1.54, 1.807) is 30.3 Å². The Bertz CT molecular complexity index is 702. The number of carboxylic acid groups (broad SMARTS) is 1. The van der Waals surface area contributed by atoms with Crippen LogP contribution in [0.2, 0.25) is 0 Å². The van der Waals surface area contributed by atoms with Gasteiger partial charge in [0.25, 0.3) is 0 Å². The van der Waals surface area contributed by atoms with Crippen molar-refractivity contribution in [1.82, 2.24) is 0 Å². The highest BCUT2D eigenvalue weighted by atomic mass is 16.5. The van der Waals surface area contributed by atoms with E-state index in [1.165, 1.54) is 12.1 Å². The molecule has 2 aromatic rings. The van der Waals surface area contributed by atoms with E-state index in [0.29, 0.717) is 16.9 Å². The van der Waals surface area contributed by atoms with Gasteiger partial charge in [-0.15, -0.1) is 0 Å². The van der Waals surface area contributed by atoms with Crippen molar-refractivity contribution in [2.75, 3.05) is 0 Å². The number of carbonyl (C=O) groups is 1. The van der Waals surface area contributed by atoms with Crippen LogP contribution in [0.4, 0.5) is 0 Å². The fourth-order valence-corrected chi connectivity index (χ4v) is 2.06. The molecule has 0 radical (unpaired) electrons. The van der Waals surface area contributed by atoms with Gasteiger partial charge < -0.3 is 14.9 Å². The number of carboxylic acids is 1. The van der Waals surface area contributed by atoms with Gasteiger partial charge in [0.2, 0.25) is 0 Å². The van der Waals surface area contributed by atoms with Crippen LogP contribution in [0.25, 0.3) is 11.6 Å². The SMILES string of the molecule is CC(C)Oc1ccccc1/C=C(\C(=O)O)c1cccc(O)c1. The summed E-state index contributed by atoms with van der Waals surface area (Å²) in [7, 11) is 0. The summed E-state index contributed by atoms with van der Waals surface area (Å²) in [6.45, 7) is 3.82. The minimum atomic E-state index is -1.06. The maximum atomic E-state index is 11.6. The zero-order valence-corrected chi connectivity index (χ0v) is 12.5. The van der Waals surface area contributed by atoms with Crippen molar-refractivity contribution in [3.05, 3.63) is 59.7 Å². The highest BCUT2D eigenvalue weighted by molar-refractivity contribution is 6.20. The van der Waals surface area contributed by atoms with Gasteiger partial charge in [0.1, 0.15) is 11.5 Å². The van der Waals surface area contributed by atoms with Gasteiger partial charge >= 0.3 is 5.97 Å². The molecule has 22 heavy (non-hydrogen) atoms. The molecule has 0 unspecified atom stereocenters. The fourth-order valence-electron chi connectivity index (χ4n) is 2.06. The average Bonchev–Trinajstić information content (AvgIpc) is 2.45. The molecule has 114 valence electrons. The Morgan fingerprint density at radius 3 is 2.50 bits per heavy atom. The Kier molecular flexibility index (Phi) is 4.84. The molecule has 0 amide bonds. The van der Waals surface area contributed by atoms with Gasteiger partial charge in [0, 0.05) is 5.56 Å². The van der Waals surface area contributed by atoms with E-state index in [0.717, 1.165) is 0 Å². The molecule has 0 atom stereocenters.